The standard InChI is InChI=1S/C11H19N3/c1-8-3-4-11(12,7-9(8)2)10-13-5-6-14-10/h5-6,8-9H,3-4,7,12H2,1-2H3,(H,13,14)/t8-,9-,11-/m1/s1. The number of imidazole rings is 1. The lowest BCUT2D eigenvalue weighted by Crippen LogP contribution is -2.44. The number of nitrogens with zero attached hydrogens (tertiary/aromatic N) is 1. The van der Waals surface area contributed by atoms with Crippen molar-refractivity contribution in [2.45, 2.75) is 38.6 Å². The number of aromatic nitrogens is 2. The Hall–Kier alpha value is -0.830. The zero-order valence-electron chi connectivity index (χ0n) is 8.96. The first-order valence-electron chi connectivity index (χ1n) is 5.40. The van der Waals surface area contributed by atoms with Crippen molar-refractivity contribution in [1.29, 1.82) is 0 Å². The van der Waals surface area contributed by atoms with Crippen molar-refractivity contribution < 1.29 is 0 Å². The zero-order valence-corrected chi connectivity index (χ0v) is 8.96. The molecule has 0 radical (unpaired) electrons. The van der Waals surface area contributed by atoms with E-state index in [1.54, 1.807) is 6.20 Å². The van der Waals surface area contributed by atoms with Gasteiger partial charge >= 0.3 is 0 Å². The molecule has 0 bridgehead atoms. The quantitative estimate of drug-likeness (QED) is 0.717. The predicted octanol–water partition coefficient (Wildman–Crippen LogP) is 2.02. The van der Waals surface area contributed by atoms with Gasteiger partial charge < -0.3 is 10.7 Å². The Morgan fingerprint density at radius 2 is 2.29 bits per heavy atom. The minimum absolute atomic E-state index is 0.213. The molecule has 1 fully saturated rings. The Labute approximate surface area is 85.1 Å². The highest BCUT2D eigenvalue weighted by Gasteiger charge is 2.37. The molecule has 0 spiro atoms. The van der Waals surface area contributed by atoms with Crippen molar-refractivity contribution in [1.82, 2.24) is 9.97 Å². The summed E-state index contributed by atoms with van der Waals surface area (Å²) in [6.07, 6.45) is 6.94. The van der Waals surface area contributed by atoms with Gasteiger partial charge in [0, 0.05) is 12.4 Å². The van der Waals surface area contributed by atoms with Crippen molar-refractivity contribution in [2.75, 3.05) is 0 Å². The monoisotopic (exact) mass is 193 g/mol. The third-order valence-corrected chi connectivity index (χ3v) is 3.67. The largest absolute Gasteiger partial charge is 0.347 e. The molecular weight excluding hydrogens is 174 g/mol. The highest BCUT2D eigenvalue weighted by molar-refractivity contribution is 5.07. The van der Waals surface area contributed by atoms with Crippen LogP contribution >= 0.6 is 0 Å². The molecule has 3 atom stereocenters. The van der Waals surface area contributed by atoms with E-state index in [0.717, 1.165) is 24.6 Å². The van der Waals surface area contributed by atoms with Crippen LogP contribution < -0.4 is 5.73 Å². The van der Waals surface area contributed by atoms with Crippen LogP contribution in [0, 0.1) is 11.8 Å². The van der Waals surface area contributed by atoms with E-state index in [-0.39, 0.29) is 5.54 Å². The van der Waals surface area contributed by atoms with E-state index in [4.69, 9.17) is 5.73 Å². The number of hydrogen-bond acceptors (Lipinski definition) is 2. The van der Waals surface area contributed by atoms with Crippen LogP contribution in [0.25, 0.3) is 0 Å². The molecule has 1 aromatic rings. The Morgan fingerprint density at radius 3 is 2.86 bits per heavy atom. The second-order valence-corrected chi connectivity index (χ2v) is 4.79. The van der Waals surface area contributed by atoms with E-state index in [9.17, 15) is 0 Å². The van der Waals surface area contributed by atoms with Gasteiger partial charge in [-0.1, -0.05) is 13.8 Å². The van der Waals surface area contributed by atoms with Crippen LogP contribution in [0.2, 0.25) is 0 Å². The fourth-order valence-electron chi connectivity index (χ4n) is 2.40. The number of rotatable bonds is 1. The van der Waals surface area contributed by atoms with E-state index in [1.807, 2.05) is 6.20 Å². The summed E-state index contributed by atoms with van der Waals surface area (Å²) in [6.45, 7) is 4.60. The first kappa shape index (κ1) is 9.71. The van der Waals surface area contributed by atoms with Gasteiger partial charge in [-0.2, -0.15) is 0 Å². The number of H-pyrrole nitrogens is 1. The van der Waals surface area contributed by atoms with Crippen LogP contribution in [0.15, 0.2) is 12.4 Å². The fourth-order valence-corrected chi connectivity index (χ4v) is 2.40. The molecule has 0 aromatic carbocycles. The van der Waals surface area contributed by atoms with Crippen molar-refractivity contribution in [2.24, 2.45) is 17.6 Å². The van der Waals surface area contributed by atoms with Crippen molar-refractivity contribution in [3.05, 3.63) is 18.2 Å². The summed E-state index contributed by atoms with van der Waals surface area (Å²) in [5.41, 5.74) is 6.17. The van der Waals surface area contributed by atoms with E-state index in [1.165, 1.54) is 6.42 Å². The molecule has 1 aliphatic carbocycles. The third-order valence-electron chi connectivity index (χ3n) is 3.67. The lowest BCUT2D eigenvalue weighted by atomic mass is 9.71. The summed E-state index contributed by atoms with van der Waals surface area (Å²) in [4.78, 5) is 7.44. The minimum atomic E-state index is -0.213. The maximum absolute atomic E-state index is 6.38. The lowest BCUT2D eigenvalue weighted by Gasteiger charge is -2.38. The molecule has 3 nitrogen and oxygen atoms in total. The van der Waals surface area contributed by atoms with Gasteiger partial charge in [0.05, 0.1) is 5.54 Å². The van der Waals surface area contributed by atoms with Crippen molar-refractivity contribution in [3.63, 3.8) is 0 Å². The Balaban J connectivity index is 2.18. The molecule has 0 aliphatic heterocycles. The van der Waals surface area contributed by atoms with E-state index in [0.29, 0.717) is 5.92 Å². The molecule has 14 heavy (non-hydrogen) atoms. The molecule has 0 amide bonds. The molecule has 0 unspecified atom stereocenters. The molecule has 3 heteroatoms. The molecule has 1 aromatic heterocycles. The first-order chi connectivity index (χ1) is 6.62. The maximum Gasteiger partial charge on any atom is 0.126 e. The van der Waals surface area contributed by atoms with Crippen LogP contribution in [0.3, 0.4) is 0 Å². The summed E-state index contributed by atoms with van der Waals surface area (Å²) in [7, 11) is 0. The summed E-state index contributed by atoms with van der Waals surface area (Å²) >= 11 is 0. The second-order valence-electron chi connectivity index (χ2n) is 4.79. The third kappa shape index (κ3) is 1.57. The van der Waals surface area contributed by atoms with Crippen molar-refractivity contribution in [3.8, 4) is 0 Å². The van der Waals surface area contributed by atoms with Gasteiger partial charge in [-0.15, -0.1) is 0 Å². The SMILES string of the molecule is C[C@@H]1CC[C@](N)(c2ncc[nH]2)C[C@H]1C. The average Bonchev–Trinajstić information content (AvgIpc) is 2.65. The van der Waals surface area contributed by atoms with E-state index in [2.05, 4.69) is 23.8 Å². The smallest absolute Gasteiger partial charge is 0.126 e. The van der Waals surface area contributed by atoms with Crippen LogP contribution in [-0.4, -0.2) is 9.97 Å². The van der Waals surface area contributed by atoms with Gasteiger partial charge in [0.1, 0.15) is 5.82 Å². The van der Waals surface area contributed by atoms with Gasteiger partial charge in [0.2, 0.25) is 0 Å². The summed E-state index contributed by atoms with van der Waals surface area (Å²) < 4.78 is 0. The van der Waals surface area contributed by atoms with Gasteiger partial charge in [-0.25, -0.2) is 4.98 Å². The molecular formula is C11H19N3. The second kappa shape index (κ2) is 3.39. The van der Waals surface area contributed by atoms with Crippen LogP contribution in [0.5, 0.6) is 0 Å². The van der Waals surface area contributed by atoms with Gasteiger partial charge in [-0.3, -0.25) is 0 Å². The molecule has 1 aliphatic rings. The molecule has 1 heterocycles. The van der Waals surface area contributed by atoms with Gasteiger partial charge in [0.25, 0.3) is 0 Å². The normalized spacial score (nSPS) is 38.5. The summed E-state index contributed by atoms with van der Waals surface area (Å²) in [5.74, 6) is 2.44. The molecule has 0 saturated heterocycles. The van der Waals surface area contributed by atoms with Crippen LogP contribution in [0.1, 0.15) is 38.9 Å². The first-order valence-corrected chi connectivity index (χ1v) is 5.40. The maximum atomic E-state index is 6.38. The Kier molecular flexibility index (Phi) is 2.35. The predicted molar refractivity (Wildman–Crippen MR) is 56.6 cm³/mol. The summed E-state index contributed by atoms with van der Waals surface area (Å²) in [6, 6.07) is 0. The van der Waals surface area contributed by atoms with Gasteiger partial charge in [-0.05, 0) is 31.1 Å². The number of nitrogens with two attached hydrogens (primary N) is 1. The molecule has 2 rings (SSSR count). The Morgan fingerprint density at radius 1 is 1.50 bits per heavy atom. The lowest BCUT2D eigenvalue weighted by molar-refractivity contribution is 0.170. The molecule has 1 saturated carbocycles. The highest BCUT2D eigenvalue weighted by atomic mass is 15.0. The average molecular weight is 193 g/mol. The molecule has 3 N–H and O–H groups in total. The van der Waals surface area contributed by atoms with Crippen molar-refractivity contribution >= 4 is 0 Å². The van der Waals surface area contributed by atoms with Gasteiger partial charge in [0.15, 0.2) is 0 Å². The number of nitrogens with one attached hydrogen (secondary N) is 1. The highest BCUT2D eigenvalue weighted by Crippen LogP contribution is 2.39. The van der Waals surface area contributed by atoms with E-state index >= 15 is 0 Å². The number of aromatic amines is 1. The zero-order chi connectivity index (χ0) is 10.2. The topological polar surface area (TPSA) is 54.7 Å². The van der Waals surface area contributed by atoms with Crippen LogP contribution in [0.4, 0.5) is 0 Å². The fraction of sp³-hybridized carbons (Fsp3) is 0.727. The van der Waals surface area contributed by atoms with Crippen LogP contribution in [-0.2, 0) is 5.54 Å². The minimum Gasteiger partial charge on any atom is -0.347 e. The number of hydrogen-bond donors (Lipinski definition) is 2. The Bertz CT molecular complexity index is 293. The van der Waals surface area contributed by atoms with E-state index < -0.39 is 0 Å². The summed E-state index contributed by atoms with van der Waals surface area (Å²) in [5, 5.41) is 0. The molecule has 78 valence electrons.